The van der Waals surface area contributed by atoms with E-state index >= 15 is 0 Å². The van der Waals surface area contributed by atoms with Gasteiger partial charge >= 0.3 is 0 Å². The molecule has 66 heavy (non-hydrogen) atoms. The second-order valence-corrected chi connectivity index (χ2v) is 16.3. The largest absolute Gasteiger partial charge is 0.507 e. The summed E-state index contributed by atoms with van der Waals surface area (Å²) >= 11 is 0. The fourth-order valence-corrected chi connectivity index (χ4v) is 9.19. The van der Waals surface area contributed by atoms with Crippen molar-refractivity contribution in [2.24, 2.45) is 0 Å². The van der Waals surface area contributed by atoms with Crippen molar-refractivity contribution in [1.82, 2.24) is 48.0 Å². The van der Waals surface area contributed by atoms with Crippen LogP contribution in [0.2, 0.25) is 0 Å². The van der Waals surface area contributed by atoms with Gasteiger partial charge in [-0.05, 0) is 83.1 Å². The van der Waals surface area contributed by atoms with Crippen LogP contribution in [0.3, 0.4) is 0 Å². The van der Waals surface area contributed by atoms with Crippen LogP contribution in [0.5, 0.6) is 5.75 Å². The summed E-state index contributed by atoms with van der Waals surface area (Å²) in [5.41, 5.74) is 11.3. The molecule has 0 saturated carbocycles. The molecule has 0 aliphatic heterocycles. The van der Waals surface area contributed by atoms with Crippen molar-refractivity contribution < 1.29 is 49.1 Å². The number of phenols is 1. The Kier molecular flexibility index (Phi) is 16.6. The van der Waals surface area contributed by atoms with Crippen LogP contribution in [0, 0.1) is 6.92 Å². The molecule has 2 N–H and O–H groups in total. The van der Waals surface area contributed by atoms with E-state index in [1.807, 2.05) is 24.3 Å². The standard InChI is InChI=1S/C49H54N10O.C2H4O2.2Mn/c1-6-56-41-22-14-10-18-37(41)50-45(56)30-54(31-46-51-38-19-11-15-23-42(38)57(46)7-2)28-35-26-34(5)27-36(49(35)60)29-55(32-47-52-39-20-12-16-24-43(39)58(47)8-3)33-48-53-40-21-13-17-25-44(40)59(48)9-4;1-2(3)4;;/h10-27,60H,6-9,28-33H2,1-5H3;1H3,(H,3,4);;. The maximum Gasteiger partial charge on any atom is 0.300 e. The second-order valence-electron chi connectivity index (χ2n) is 16.3. The Labute approximate surface area is 407 Å². The third-order valence-electron chi connectivity index (χ3n) is 11.9. The monoisotopic (exact) mass is 968 g/mol. The van der Waals surface area contributed by atoms with Crippen LogP contribution in [-0.4, -0.2) is 64.2 Å². The summed E-state index contributed by atoms with van der Waals surface area (Å²) in [6.07, 6.45) is 0. The minimum atomic E-state index is -0.833. The van der Waals surface area contributed by atoms with Gasteiger partial charge in [-0.3, -0.25) is 14.6 Å². The second kappa shape index (κ2) is 22.1. The van der Waals surface area contributed by atoms with Crippen molar-refractivity contribution in [3.8, 4) is 5.75 Å². The number of hydrogen-bond donors (Lipinski definition) is 2. The predicted molar refractivity (Wildman–Crippen MR) is 254 cm³/mol. The summed E-state index contributed by atoms with van der Waals surface area (Å²) in [5.74, 6) is 3.46. The maximum atomic E-state index is 12.4. The van der Waals surface area contributed by atoms with Gasteiger partial charge in [0, 0.05) is 91.5 Å². The molecule has 4 aromatic heterocycles. The zero-order chi connectivity index (χ0) is 44.9. The van der Waals surface area contributed by atoms with Crippen molar-refractivity contribution in [2.45, 2.75) is 107 Å². The van der Waals surface area contributed by atoms with Crippen LogP contribution >= 0.6 is 0 Å². The third kappa shape index (κ3) is 10.6. The number of carboxylic acid groups (broad SMARTS) is 1. The van der Waals surface area contributed by atoms with Crippen LogP contribution in [0.15, 0.2) is 109 Å². The number of hydrogen-bond acceptors (Lipinski definition) is 8. The van der Waals surface area contributed by atoms with E-state index in [1.165, 1.54) is 0 Å². The van der Waals surface area contributed by atoms with Gasteiger partial charge in [0.1, 0.15) is 29.0 Å². The van der Waals surface area contributed by atoms with E-state index in [0.29, 0.717) is 45.0 Å². The summed E-state index contributed by atoms with van der Waals surface area (Å²) in [6.45, 7) is 18.5. The van der Waals surface area contributed by atoms with E-state index in [1.54, 1.807) is 0 Å². The molecule has 0 amide bonds. The van der Waals surface area contributed by atoms with Gasteiger partial charge in [-0.1, -0.05) is 66.2 Å². The molecule has 5 aromatic carbocycles. The van der Waals surface area contributed by atoms with Crippen LogP contribution in [0.4, 0.5) is 0 Å². The number of phenolic OH excluding ortho intramolecular Hbond substituents is 1. The smallest absolute Gasteiger partial charge is 0.300 e. The number of rotatable bonds is 16. The first-order chi connectivity index (χ1) is 31.1. The third-order valence-corrected chi connectivity index (χ3v) is 11.9. The molecule has 0 saturated heterocycles. The van der Waals surface area contributed by atoms with E-state index in [0.717, 1.165) is 117 Å². The molecule has 0 spiro atoms. The number of carboxylic acids is 1. The molecule has 0 aliphatic carbocycles. The number of nitrogens with zero attached hydrogens (tertiary/aromatic N) is 10. The van der Waals surface area contributed by atoms with Gasteiger partial charge in [-0.2, -0.15) is 0 Å². The number of aromatic hydroxyl groups is 1. The molecular weight excluding hydrogens is 911 g/mol. The number of para-hydroxylation sites is 8. The summed E-state index contributed by atoms with van der Waals surface area (Å²) in [5, 5.41) is 19.8. The van der Waals surface area contributed by atoms with E-state index in [4.69, 9.17) is 29.8 Å². The van der Waals surface area contributed by atoms with E-state index < -0.39 is 5.97 Å². The van der Waals surface area contributed by atoms with Gasteiger partial charge in [-0.25, -0.2) is 19.9 Å². The average Bonchev–Trinajstić information content (AvgIpc) is 4.03. The molecule has 15 heteroatoms. The quantitative estimate of drug-likeness (QED) is 0.0908. The van der Waals surface area contributed by atoms with Crippen molar-refractivity contribution >= 4 is 50.1 Å². The number of benzene rings is 5. The summed E-state index contributed by atoms with van der Waals surface area (Å²) in [4.78, 5) is 34.3. The Bertz CT molecular complexity index is 2710. The molecule has 9 rings (SSSR count). The number of carbonyl (C=O) groups is 1. The Morgan fingerprint density at radius 3 is 0.970 bits per heavy atom. The van der Waals surface area contributed by atoms with Gasteiger partial charge in [0.15, 0.2) is 0 Å². The molecule has 0 aliphatic rings. The van der Waals surface area contributed by atoms with Gasteiger partial charge in [-0.15, -0.1) is 0 Å². The van der Waals surface area contributed by atoms with E-state index in [-0.39, 0.29) is 34.1 Å². The van der Waals surface area contributed by atoms with Crippen molar-refractivity contribution in [3.63, 3.8) is 0 Å². The molecule has 0 unspecified atom stereocenters. The fourth-order valence-electron chi connectivity index (χ4n) is 9.19. The molecule has 0 bridgehead atoms. The number of aliphatic carboxylic acids is 1. The molecule has 4 heterocycles. The normalized spacial score (nSPS) is 11.4. The first-order valence-corrected chi connectivity index (χ1v) is 22.3. The Morgan fingerprint density at radius 2 is 0.727 bits per heavy atom. The predicted octanol–water partition coefficient (Wildman–Crippen LogP) is 9.67. The number of aryl methyl sites for hydroxylation is 5. The van der Waals surface area contributed by atoms with E-state index in [2.05, 4.69) is 148 Å². The van der Waals surface area contributed by atoms with Crippen LogP contribution in [0.25, 0.3) is 44.1 Å². The first kappa shape index (κ1) is 49.6. The van der Waals surface area contributed by atoms with Gasteiger partial charge in [0.25, 0.3) is 5.97 Å². The molecule has 0 atom stereocenters. The summed E-state index contributed by atoms with van der Waals surface area (Å²) in [7, 11) is 0. The Morgan fingerprint density at radius 1 is 0.485 bits per heavy atom. The first-order valence-electron chi connectivity index (χ1n) is 22.3. The maximum absolute atomic E-state index is 12.4. The van der Waals surface area contributed by atoms with E-state index in [9.17, 15) is 5.11 Å². The minimum Gasteiger partial charge on any atom is -0.507 e. The van der Waals surface area contributed by atoms with Gasteiger partial charge in [0.05, 0.1) is 70.3 Å². The van der Waals surface area contributed by atoms with Crippen molar-refractivity contribution in [3.05, 3.63) is 149 Å². The zero-order valence-corrected chi connectivity index (χ0v) is 40.9. The van der Waals surface area contributed by atoms with Crippen molar-refractivity contribution in [1.29, 1.82) is 0 Å². The fraction of sp³-hybridized carbons (Fsp3) is 0.314. The Hall–Kier alpha value is -5.79. The topological polar surface area (TPSA) is 135 Å². The average molecular weight is 969 g/mol. The number of aromatic nitrogens is 8. The minimum absolute atomic E-state index is 0. The van der Waals surface area contributed by atoms with Gasteiger partial charge in [0.2, 0.25) is 0 Å². The molecule has 9 aromatic rings. The number of fused-ring (bicyclic) bond motifs is 4. The van der Waals surface area contributed by atoms with Crippen LogP contribution < -0.4 is 0 Å². The Balaban J connectivity index is 0.00000115. The summed E-state index contributed by atoms with van der Waals surface area (Å²) < 4.78 is 9.21. The summed E-state index contributed by atoms with van der Waals surface area (Å²) in [6, 6.07) is 37.7. The SMILES string of the molecule is CC(=O)O.CCn1c(CN(Cc2cc(C)cc(CN(Cc3nc4ccccc4n3CC)Cc3nc4ccccc4n3CC)c2O)Cc2nc3ccccc3n2CC)nc2ccccc21.[Mn].[Mn]. The van der Waals surface area contributed by atoms with Crippen LogP contribution in [-0.2, 0) is 104 Å². The number of imidazole rings is 4. The van der Waals surface area contributed by atoms with Crippen LogP contribution in [0.1, 0.15) is 74.6 Å². The zero-order valence-electron chi connectivity index (χ0n) is 38.5. The molecule has 0 fully saturated rings. The molecule has 344 valence electrons. The molecule has 13 nitrogen and oxygen atoms in total. The van der Waals surface area contributed by atoms with Gasteiger partial charge < -0.3 is 28.5 Å². The van der Waals surface area contributed by atoms with Crippen molar-refractivity contribution in [2.75, 3.05) is 0 Å². The molecular formula is C51H58Mn2N10O3. The molecule has 2 radical (unpaired) electrons.